The van der Waals surface area contributed by atoms with Crippen molar-refractivity contribution in [3.05, 3.63) is 83.5 Å². The minimum atomic E-state index is 0.967. The summed E-state index contributed by atoms with van der Waals surface area (Å²) in [6.07, 6.45) is 66.0. The van der Waals surface area contributed by atoms with Crippen LogP contribution in [-0.4, -0.2) is 12.6 Å². The van der Waals surface area contributed by atoms with Gasteiger partial charge in [-0.1, -0.05) is 209 Å². The molecule has 0 saturated carbocycles. The first-order valence-electron chi connectivity index (χ1n) is 32.9. The number of thiophene rings is 4. The molecule has 0 aliphatic rings. The molecule has 0 bridgehead atoms. The summed E-state index contributed by atoms with van der Waals surface area (Å²) in [5.41, 5.74) is 12.0. The van der Waals surface area contributed by atoms with Crippen LogP contribution in [-0.2, 0) is 51.4 Å². The third-order valence-corrected chi connectivity index (χ3v) is 21.1. The van der Waals surface area contributed by atoms with Gasteiger partial charge in [0.2, 0.25) is 0 Å². The summed E-state index contributed by atoms with van der Waals surface area (Å²) < 4.78 is 0. The lowest BCUT2D eigenvalue weighted by molar-refractivity contribution is 0.111. The van der Waals surface area contributed by atoms with Crippen LogP contribution < -0.4 is 0 Å². The van der Waals surface area contributed by atoms with Crippen LogP contribution in [0.1, 0.15) is 354 Å². The van der Waals surface area contributed by atoms with Crippen LogP contribution in [0, 0.1) is 0 Å². The lowest BCUT2D eigenvalue weighted by Gasteiger charge is -2.09. The van der Waals surface area contributed by atoms with Gasteiger partial charge in [-0.05, 0) is 184 Å². The highest BCUT2D eigenvalue weighted by molar-refractivity contribution is 7.16. The summed E-state index contributed by atoms with van der Waals surface area (Å²) in [7, 11) is 0. The van der Waals surface area contributed by atoms with E-state index < -0.39 is 0 Å². The maximum Gasteiger partial charge on any atom is 0.160 e. The first kappa shape index (κ1) is 67.9. The molecule has 0 unspecified atom stereocenters. The highest BCUT2D eigenvalue weighted by atomic mass is 32.1. The molecule has 2 nitrogen and oxygen atoms in total. The second kappa shape index (κ2) is 42.2. The molecule has 0 amide bonds. The molecule has 0 aliphatic carbocycles. The van der Waals surface area contributed by atoms with Crippen LogP contribution in [0.4, 0.5) is 0 Å². The van der Waals surface area contributed by atoms with Crippen LogP contribution in [0.5, 0.6) is 0 Å². The van der Waals surface area contributed by atoms with Gasteiger partial charge in [0.1, 0.15) is 0 Å². The fourth-order valence-corrected chi connectivity index (χ4v) is 16.3. The average Bonchev–Trinajstić information content (AvgIpc) is 4.18. The summed E-state index contributed by atoms with van der Waals surface area (Å²) in [4.78, 5) is 35.9. The lowest BCUT2D eigenvalue weighted by Crippen LogP contribution is -1.97. The minimum Gasteiger partial charge on any atom is -0.297 e. The number of unbranched alkanes of at least 4 members (excludes halogenated alkanes) is 24. The van der Waals surface area contributed by atoms with E-state index >= 15 is 0 Å². The van der Waals surface area contributed by atoms with E-state index in [0.29, 0.717) is 0 Å². The Morgan fingerprint density at radius 2 is 0.346 bits per heavy atom. The summed E-state index contributed by atoms with van der Waals surface area (Å²) in [5, 5.41) is 0. The molecule has 0 atom stereocenters. The Morgan fingerprint density at radius 3 is 0.487 bits per heavy atom. The van der Waals surface area contributed by atoms with E-state index in [1.807, 2.05) is 22.7 Å². The van der Waals surface area contributed by atoms with Gasteiger partial charge in [0.05, 0.1) is 9.75 Å². The van der Waals surface area contributed by atoms with Crippen molar-refractivity contribution in [1.82, 2.24) is 0 Å². The second-order valence-electron chi connectivity index (χ2n) is 22.9. The first-order valence-corrected chi connectivity index (χ1v) is 36.2. The third-order valence-electron chi connectivity index (χ3n) is 16.3. The zero-order valence-corrected chi connectivity index (χ0v) is 54.6. The Hall–Kier alpha value is -2.64. The van der Waals surface area contributed by atoms with Crippen LogP contribution in [0.15, 0.2) is 0 Å². The summed E-state index contributed by atoms with van der Waals surface area (Å²) in [6.45, 7) is 18.5. The van der Waals surface area contributed by atoms with Gasteiger partial charge in [-0.25, -0.2) is 0 Å². The second-order valence-corrected chi connectivity index (χ2v) is 27.2. The van der Waals surface area contributed by atoms with Crippen LogP contribution >= 0.6 is 45.3 Å². The normalized spacial score (nSPS) is 12.1. The van der Waals surface area contributed by atoms with E-state index in [4.69, 9.17) is 0 Å². The van der Waals surface area contributed by atoms with E-state index in [1.54, 1.807) is 44.9 Å². The Labute approximate surface area is 496 Å². The van der Waals surface area contributed by atoms with Crippen molar-refractivity contribution < 1.29 is 9.59 Å². The average molecular weight is 1140 g/mol. The topological polar surface area (TPSA) is 34.1 Å². The smallest absolute Gasteiger partial charge is 0.160 e. The number of rotatable bonds is 48. The molecule has 0 aliphatic heterocycles. The van der Waals surface area contributed by atoms with E-state index in [2.05, 4.69) is 91.8 Å². The minimum absolute atomic E-state index is 0.967. The zero-order chi connectivity index (χ0) is 56.0. The van der Waals surface area contributed by atoms with Crippen LogP contribution in [0.25, 0.3) is 36.5 Å². The maximum absolute atomic E-state index is 12.8. The van der Waals surface area contributed by atoms with Gasteiger partial charge < -0.3 is 0 Å². The van der Waals surface area contributed by atoms with Gasteiger partial charge >= 0.3 is 0 Å². The van der Waals surface area contributed by atoms with Crippen molar-refractivity contribution in [2.75, 3.05) is 0 Å². The van der Waals surface area contributed by atoms with Crippen molar-refractivity contribution in [3.8, 4) is 0 Å². The first-order chi connectivity index (χ1) is 38.4. The van der Waals surface area contributed by atoms with E-state index in [1.165, 1.54) is 270 Å². The quantitative estimate of drug-likeness (QED) is 0.0326. The van der Waals surface area contributed by atoms with Crippen molar-refractivity contribution in [1.29, 1.82) is 0 Å². The van der Waals surface area contributed by atoms with Gasteiger partial charge in [0, 0.05) is 29.3 Å². The summed E-state index contributed by atoms with van der Waals surface area (Å²) >= 11 is 7.59. The molecular formula is C72H112O2S4. The molecule has 0 aromatic carbocycles. The molecule has 6 heteroatoms. The van der Waals surface area contributed by atoms with Crippen molar-refractivity contribution in [2.24, 2.45) is 0 Å². The molecule has 0 saturated heterocycles. The van der Waals surface area contributed by atoms with E-state index in [-0.39, 0.29) is 0 Å². The predicted molar refractivity (Wildman–Crippen MR) is 358 cm³/mol. The van der Waals surface area contributed by atoms with Gasteiger partial charge in [-0.15, -0.1) is 45.3 Å². The predicted octanol–water partition coefficient (Wildman–Crippen LogP) is 25.1. The summed E-state index contributed by atoms with van der Waals surface area (Å²) in [6, 6.07) is 0. The zero-order valence-electron chi connectivity index (χ0n) is 51.4. The molecule has 4 aromatic heterocycles. The standard InChI is InChI=1S/C72H112O2S4/c1-9-17-25-33-41-57-59(43-35-27-19-11-3)67(51-53-69-61(45-37-29-21-13-5)63(71(55-73)77-69)47-39-31-23-15-7)75-65(57)49-50-66-58(42-34-26-18-10-2)60(44-36-28-20-12-4)68(76-66)52-54-70-62(46-38-30-22-14-6)64(72(56-74)78-70)48-40-32-24-16-8/h49-56H,9-48H2,1-8H3/b50-49+,53-51+,54-52+. The molecule has 4 heterocycles. The van der Waals surface area contributed by atoms with Crippen molar-refractivity contribution in [2.45, 2.75) is 312 Å². The molecule has 0 N–H and O–H groups in total. The number of hydrogen-bond donors (Lipinski definition) is 0. The molecule has 4 rings (SSSR count). The molecule has 78 heavy (non-hydrogen) atoms. The summed E-state index contributed by atoms with van der Waals surface area (Å²) in [5.74, 6) is 0. The Morgan fingerprint density at radius 1 is 0.205 bits per heavy atom. The monoisotopic (exact) mass is 1140 g/mol. The van der Waals surface area contributed by atoms with E-state index in [9.17, 15) is 9.59 Å². The van der Waals surface area contributed by atoms with Gasteiger partial charge in [-0.3, -0.25) is 9.59 Å². The Bertz CT molecular complexity index is 2160. The molecule has 0 spiro atoms. The maximum atomic E-state index is 12.8. The van der Waals surface area contributed by atoms with Gasteiger partial charge in [0.25, 0.3) is 0 Å². The third kappa shape index (κ3) is 23.3. The Kier molecular flexibility index (Phi) is 36.7. The van der Waals surface area contributed by atoms with Crippen molar-refractivity contribution >= 4 is 94.4 Å². The largest absolute Gasteiger partial charge is 0.297 e. The number of carbonyl (C=O) groups excluding carboxylic acids is 2. The van der Waals surface area contributed by atoms with Crippen LogP contribution in [0.2, 0.25) is 0 Å². The fraction of sp³-hybridized carbons (Fsp3) is 0.667. The Balaban J connectivity index is 1.92. The van der Waals surface area contributed by atoms with E-state index in [0.717, 1.165) is 61.1 Å². The fourth-order valence-electron chi connectivity index (χ4n) is 11.6. The molecule has 4 aromatic rings. The molecule has 0 fully saturated rings. The number of hydrogen-bond acceptors (Lipinski definition) is 6. The number of aldehydes is 2. The van der Waals surface area contributed by atoms with Gasteiger partial charge in [-0.2, -0.15) is 0 Å². The highest BCUT2D eigenvalue weighted by Crippen LogP contribution is 2.41. The number of carbonyl (C=O) groups is 2. The molecule has 0 radical (unpaired) electrons. The van der Waals surface area contributed by atoms with Crippen LogP contribution in [0.3, 0.4) is 0 Å². The van der Waals surface area contributed by atoms with Crippen molar-refractivity contribution in [3.63, 3.8) is 0 Å². The molecular weight excluding hydrogens is 1030 g/mol. The highest BCUT2D eigenvalue weighted by Gasteiger charge is 2.22. The molecule has 436 valence electrons. The SMILES string of the molecule is CCCCCCc1c(C=O)sc(/C=C/c2sc(/C=C/c3sc(/C=C/c4sc(C=O)c(CCCCCC)c4CCCCCC)c(CCCCCC)c3CCCCCC)c(CCCCCC)c2CCCCCC)c1CCCCCC. The lowest BCUT2D eigenvalue weighted by atomic mass is 9.95. The van der Waals surface area contributed by atoms with Gasteiger partial charge in [0.15, 0.2) is 12.6 Å².